The van der Waals surface area contributed by atoms with E-state index < -0.39 is 0 Å². The summed E-state index contributed by atoms with van der Waals surface area (Å²) in [4.78, 5) is 11.4. The van der Waals surface area contributed by atoms with Crippen molar-refractivity contribution in [1.82, 2.24) is 5.43 Å². The summed E-state index contributed by atoms with van der Waals surface area (Å²) < 4.78 is 0. The van der Waals surface area contributed by atoms with Crippen molar-refractivity contribution >= 4 is 11.5 Å². The first-order chi connectivity index (χ1) is 7.77. The van der Waals surface area contributed by atoms with E-state index in [1.165, 1.54) is 0 Å². The molecule has 0 fully saturated rings. The van der Waals surface area contributed by atoms with E-state index in [0.717, 1.165) is 11.4 Å². The fourth-order valence-electron chi connectivity index (χ4n) is 1.50. The van der Waals surface area contributed by atoms with Gasteiger partial charge in [0.25, 0.3) is 0 Å². The van der Waals surface area contributed by atoms with E-state index >= 15 is 0 Å². The summed E-state index contributed by atoms with van der Waals surface area (Å²) in [5.41, 5.74) is 7.97. The van der Waals surface area contributed by atoms with Crippen LogP contribution in [-0.2, 0) is 4.79 Å². The summed E-state index contributed by atoms with van der Waals surface area (Å²) in [6, 6.07) is 9.78. The third-order valence-corrected chi connectivity index (χ3v) is 2.55. The van der Waals surface area contributed by atoms with Crippen molar-refractivity contribution in [1.29, 1.82) is 0 Å². The number of hydrazine groups is 1. The van der Waals surface area contributed by atoms with Gasteiger partial charge < -0.3 is 10.9 Å². The first-order valence-corrected chi connectivity index (χ1v) is 5.26. The SMILES string of the molecule is CC1C(=O)C=CC=C1NNc1ccccc1. The van der Waals surface area contributed by atoms with Crippen LogP contribution < -0.4 is 10.9 Å². The molecule has 1 aromatic carbocycles. The number of hydrogen-bond donors (Lipinski definition) is 2. The molecular formula is C13H14N2O. The van der Waals surface area contributed by atoms with E-state index in [0.29, 0.717) is 0 Å². The van der Waals surface area contributed by atoms with Crippen molar-refractivity contribution in [3.8, 4) is 0 Å². The topological polar surface area (TPSA) is 41.1 Å². The minimum absolute atomic E-state index is 0.110. The lowest BCUT2D eigenvalue weighted by molar-refractivity contribution is -0.116. The maximum Gasteiger partial charge on any atom is 0.164 e. The van der Waals surface area contributed by atoms with Crippen LogP contribution in [0.5, 0.6) is 0 Å². The van der Waals surface area contributed by atoms with E-state index in [1.54, 1.807) is 12.2 Å². The summed E-state index contributed by atoms with van der Waals surface area (Å²) in [5.74, 6) is 0.0149. The molecule has 2 N–H and O–H groups in total. The standard InChI is InChI=1S/C13H14N2O/c1-10-12(8-5-9-13(10)16)15-14-11-6-3-2-4-7-11/h2-10,14-15H,1H3. The molecule has 0 bridgehead atoms. The lowest BCUT2D eigenvalue weighted by Crippen LogP contribution is -2.29. The van der Waals surface area contributed by atoms with Gasteiger partial charge in [0.2, 0.25) is 0 Å². The maximum atomic E-state index is 11.4. The number of allylic oxidation sites excluding steroid dienone is 4. The molecule has 1 atom stereocenters. The largest absolute Gasteiger partial charge is 0.304 e. The average molecular weight is 214 g/mol. The zero-order valence-electron chi connectivity index (χ0n) is 9.10. The van der Waals surface area contributed by atoms with Crippen LogP contribution in [0.2, 0.25) is 0 Å². The highest BCUT2D eigenvalue weighted by molar-refractivity contribution is 5.94. The lowest BCUT2D eigenvalue weighted by atomic mass is 9.98. The van der Waals surface area contributed by atoms with E-state index in [4.69, 9.17) is 0 Å². The Kier molecular flexibility index (Phi) is 3.05. The van der Waals surface area contributed by atoms with Crippen LogP contribution in [0.3, 0.4) is 0 Å². The van der Waals surface area contributed by atoms with Crippen molar-refractivity contribution in [2.45, 2.75) is 6.92 Å². The smallest absolute Gasteiger partial charge is 0.164 e. The molecule has 1 aliphatic rings. The number of ketones is 1. The molecule has 0 aromatic heterocycles. The molecule has 0 aliphatic heterocycles. The average Bonchev–Trinajstić information content (AvgIpc) is 2.32. The first kappa shape index (κ1) is 10.5. The fourth-order valence-corrected chi connectivity index (χ4v) is 1.50. The third kappa shape index (κ3) is 2.31. The Morgan fingerprint density at radius 2 is 1.88 bits per heavy atom. The number of anilines is 1. The van der Waals surface area contributed by atoms with Crippen LogP contribution in [-0.4, -0.2) is 5.78 Å². The number of rotatable bonds is 3. The number of para-hydroxylation sites is 1. The monoisotopic (exact) mass is 214 g/mol. The lowest BCUT2D eigenvalue weighted by Gasteiger charge is -2.19. The molecule has 1 aromatic rings. The van der Waals surface area contributed by atoms with Gasteiger partial charge in [0.1, 0.15) is 0 Å². The van der Waals surface area contributed by atoms with Crippen LogP contribution in [0.4, 0.5) is 5.69 Å². The molecule has 82 valence electrons. The Balaban J connectivity index is 1.98. The molecule has 3 heteroatoms. The quantitative estimate of drug-likeness (QED) is 0.758. The second-order valence-electron chi connectivity index (χ2n) is 3.72. The molecule has 2 rings (SSSR count). The Morgan fingerprint density at radius 1 is 1.12 bits per heavy atom. The van der Waals surface area contributed by atoms with Crippen molar-refractivity contribution in [2.24, 2.45) is 5.92 Å². The van der Waals surface area contributed by atoms with Crippen molar-refractivity contribution in [2.75, 3.05) is 5.43 Å². The number of hydrogen-bond acceptors (Lipinski definition) is 3. The molecule has 1 unspecified atom stereocenters. The predicted molar refractivity (Wildman–Crippen MR) is 64.6 cm³/mol. The molecule has 0 saturated heterocycles. The Morgan fingerprint density at radius 3 is 2.62 bits per heavy atom. The molecule has 0 radical (unpaired) electrons. The summed E-state index contributed by atoms with van der Waals surface area (Å²) in [7, 11) is 0. The predicted octanol–water partition coefficient (Wildman–Crippen LogP) is 2.26. The molecule has 16 heavy (non-hydrogen) atoms. The summed E-state index contributed by atoms with van der Waals surface area (Å²) in [6.45, 7) is 1.89. The van der Waals surface area contributed by atoms with Gasteiger partial charge in [-0.3, -0.25) is 4.79 Å². The van der Waals surface area contributed by atoms with E-state index in [1.807, 2.05) is 43.3 Å². The second kappa shape index (κ2) is 4.66. The molecule has 0 spiro atoms. The van der Waals surface area contributed by atoms with Crippen LogP contribution in [0.15, 0.2) is 54.3 Å². The van der Waals surface area contributed by atoms with Gasteiger partial charge in [-0.1, -0.05) is 24.3 Å². The summed E-state index contributed by atoms with van der Waals surface area (Å²) in [6.07, 6.45) is 5.26. The van der Waals surface area contributed by atoms with Gasteiger partial charge in [0.05, 0.1) is 11.6 Å². The highest BCUT2D eigenvalue weighted by atomic mass is 16.1. The molecule has 1 aliphatic carbocycles. The molecular weight excluding hydrogens is 200 g/mol. The number of nitrogens with one attached hydrogen (secondary N) is 2. The molecule has 3 nitrogen and oxygen atoms in total. The van der Waals surface area contributed by atoms with Crippen molar-refractivity contribution < 1.29 is 4.79 Å². The fraction of sp³-hybridized carbons (Fsp3) is 0.154. The van der Waals surface area contributed by atoms with Crippen molar-refractivity contribution in [3.05, 3.63) is 54.3 Å². The molecule has 0 saturated carbocycles. The summed E-state index contributed by atoms with van der Waals surface area (Å²) >= 11 is 0. The molecule has 0 heterocycles. The van der Waals surface area contributed by atoms with Gasteiger partial charge in [-0.2, -0.15) is 0 Å². The van der Waals surface area contributed by atoms with Gasteiger partial charge in [-0.25, -0.2) is 0 Å². The Labute approximate surface area is 94.8 Å². The minimum atomic E-state index is -0.110. The van der Waals surface area contributed by atoms with E-state index in [9.17, 15) is 4.79 Å². The van der Waals surface area contributed by atoms with E-state index in [-0.39, 0.29) is 11.7 Å². The number of benzene rings is 1. The van der Waals surface area contributed by atoms with Crippen LogP contribution in [0.25, 0.3) is 0 Å². The van der Waals surface area contributed by atoms with Gasteiger partial charge in [0, 0.05) is 5.70 Å². The second-order valence-corrected chi connectivity index (χ2v) is 3.72. The third-order valence-electron chi connectivity index (χ3n) is 2.55. The minimum Gasteiger partial charge on any atom is -0.304 e. The highest BCUT2D eigenvalue weighted by Crippen LogP contribution is 2.14. The van der Waals surface area contributed by atoms with Crippen LogP contribution >= 0.6 is 0 Å². The van der Waals surface area contributed by atoms with Crippen LogP contribution in [0.1, 0.15) is 6.92 Å². The summed E-state index contributed by atoms with van der Waals surface area (Å²) in [5, 5.41) is 0. The Hall–Kier alpha value is -2.03. The van der Waals surface area contributed by atoms with Gasteiger partial charge >= 0.3 is 0 Å². The zero-order chi connectivity index (χ0) is 11.4. The van der Waals surface area contributed by atoms with Crippen molar-refractivity contribution in [3.63, 3.8) is 0 Å². The number of carbonyl (C=O) groups excluding carboxylic acids is 1. The van der Waals surface area contributed by atoms with Gasteiger partial charge in [-0.05, 0) is 31.2 Å². The highest BCUT2D eigenvalue weighted by Gasteiger charge is 2.17. The first-order valence-electron chi connectivity index (χ1n) is 5.26. The maximum absolute atomic E-state index is 11.4. The zero-order valence-corrected chi connectivity index (χ0v) is 9.10. The normalized spacial score (nSPS) is 19.2. The van der Waals surface area contributed by atoms with Crippen LogP contribution in [0, 0.1) is 5.92 Å². The number of carbonyl (C=O) groups is 1. The molecule has 0 amide bonds. The van der Waals surface area contributed by atoms with Gasteiger partial charge in [-0.15, -0.1) is 0 Å². The van der Waals surface area contributed by atoms with E-state index in [2.05, 4.69) is 10.9 Å². The van der Waals surface area contributed by atoms with Gasteiger partial charge in [0.15, 0.2) is 5.78 Å². The Bertz CT molecular complexity index is 435.